The van der Waals surface area contributed by atoms with Crippen LogP contribution in [0.4, 0.5) is 0 Å². The molecule has 3 nitrogen and oxygen atoms in total. The number of nitrogens with one attached hydrogen (secondary N) is 1. The lowest BCUT2D eigenvalue weighted by Crippen LogP contribution is -2.40. The number of aliphatic hydroxyl groups excluding tert-OH is 1. The van der Waals surface area contributed by atoms with Crippen LogP contribution in [-0.4, -0.2) is 37.5 Å². The number of rotatable bonds is 7. The number of hydrogen-bond acceptors (Lipinski definition) is 3. The highest BCUT2D eigenvalue weighted by Crippen LogP contribution is 1.97. The van der Waals surface area contributed by atoms with E-state index < -0.39 is 0 Å². The van der Waals surface area contributed by atoms with Crippen molar-refractivity contribution in [3.8, 4) is 12.3 Å². The van der Waals surface area contributed by atoms with Crippen LogP contribution >= 0.6 is 0 Å². The molecular weight excluding hydrogens is 166 g/mol. The molecule has 2 atom stereocenters. The third kappa shape index (κ3) is 5.64. The van der Waals surface area contributed by atoms with Crippen molar-refractivity contribution < 1.29 is 9.84 Å². The van der Waals surface area contributed by atoms with E-state index in [1.165, 1.54) is 0 Å². The van der Waals surface area contributed by atoms with Gasteiger partial charge in [-0.05, 0) is 12.8 Å². The van der Waals surface area contributed by atoms with Crippen molar-refractivity contribution in [1.82, 2.24) is 5.32 Å². The summed E-state index contributed by atoms with van der Waals surface area (Å²) in [5, 5.41) is 12.0. The summed E-state index contributed by atoms with van der Waals surface area (Å²) in [6.07, 6.45) is 6.87. The van der Waals surface area contributed by atoms with Gasteiger partial charge in [-0.3, -0.25) is 5.32 Å². The highest BCUT2D eigenvalue weighted by atomic mass is 16.5. The second kappa shape index (κ2) is 8.06. The zero-order valence-corrected chi connectivity index (χ0v) is 8.42. The van der Waals surface area contributed by atoms with Gasteiger partial charge in [-0.15, -0.1) is 6.42 Å². The average Bonchev–Trinajstić information content (AvgIpc) is 2.14. The maximum atomic E-state index is 8.77. The van der Waals surface area contributed by atoms with Crippen molar-refractivity contribution in [2.45, 2.75) is 31.8 Å². The van der Waals surface area contributed by atoms with Crippen LogP contribution in [0, 0.1) is 12.3 Å². The fourth-order valence-electron chi connectivity index (χ4n) is 1.14. The highest BCUT2D eigenvalue weighted by molar-refractivity contribution is 4.99. The molecule has 0 saturated heterocycles. The Labute approximate surface area is 80.5 Å². The molecule has 0 bridgehead atoms. The fourth-order valence-corrected chi connectivity index (χ4v) is 1.14. The van der Waals surface area contributed by atoms with Crippen LogP contribution in [0.15, 0.2) is 0 Å². The molecule has 0 heterocycles. The number of ether oxygens (including phenoxy) is 1. The third-order valence-electron chi connectivity index (χ3n) is 1.89. The predicted molar refractivity (Wildman–Crippen MR) is 53.4 cm³/mol. The Balaban J connectivity index is 3.85. The van der Waals surface area contributed by atoms with Crippen molar-refractivity contribution in [3.05, 3.63) is 0 Å². The van der Waals surface area contributed by atoms with E-state index in [1.54, 1.807) is 7.11 Å². The van der Waals surface area contributed by atoms with E-state index in [2.05, 4.69) is 11.2 Å². The summed E-state index contributed by atoms with van der Waals surface area (Å²) in [6.45, 7) is 2.76. The monoisotopic (exact) mass is 185 g/mol. The van der Waals surface area contributed by atoms with Gasteiger partial charge in [0, 0.05) is 19.8 Å². The first-order valence-electron chi connectivity index (χ1n) is 4.60. The molecule has 0 spiro atoms. The van der Waals surface area contributed by atoms with Crippen molar-refractivity contribution in [3.63, 3.8) is 0 Å². The molecule has 0 rings (SSSR count). The third-order valence-corrected chi connectivity index (χ3v) is 1.89. The van der Waals surface area contributed by atoms with E-state index in [4.69, 9.17) is 16.3 Å². The van der Waals surface area contributed by atoms with Crippen LogP contribution in [0.1, 0.15) is 19.8 Å². The Kier molecular flexibility index (Phi) is 7.71. The molecule has 0 aliphatic rings. The van der Waals surface area contributed by atoms with Gasteiger partial charge in [0.05, 0.1) is 12.6 Å². The van der Waals surface area contributed by atoms with E-state index in [9.17, 15) is 0 Å². The van der Waals surface area contributed by atoms with Crippen LogP contribution in [0.2, 0.25) is 0 Å². The van der Waals surface area contributed by atoms with Crippen LogP contribution in [0.3, 0.4) is 0 Å². The minimum atomic E-state index is 0.0756. The molecule has 2 N–H and O–H groups in total. The van der Waals surface area contributed by atoms with Gasteiger partial charge in [0.2, 0.25) is 0 Å². The Bertz CT molecular complexity index is 147. The van der Waals surface area contributed by atoms with Crippen LogP contribution in [0.25, 0.3) is 0 Å². The summed E-state index contributed by atoms with van der Waals surface area (Å²) < 4.78 is 5.00. The summed E-state index contributed by atoms with van der Waals surface area (Å²) in [6, 6.07) is 0.225. The van der Waals surface area contributed by atoms with Gasteiger partial charge in [0.15, 0.2) is 0 Å². The van der Waals surface area contributed by atoms with E-state index in [0.717, 1.165) is 6.42 Å². The molecule has 13 heavy (non-hydrogen) atoms. The molecule has 0 aromatic rings. The van der Waals surface area contributed by atoms with Gasteiger partial charge >= 0.3 is 0 Å². The minimum absolute atomic E-state index is 0.0756. The lowest BCUT2D eigenvalue weighted by atomic mass is 10.1. The molecule has 0 aromatic heterocycles. The SMILES string of the molecule is C#CC(CC)NC(CCO)COC. The zero-order valence-electron chi connectivity index (χ0n) is 8.42. The molecular formula is C10H19NO2. The molecule has 0 radical (unpaired) electrons. The fraction of sp³-hybridized carbons (Fsp3) is 0.800. The molecule has 3 heteroatoms. The lowest BCUT2D eigenvalue weighted by molar-refractivity contribution is 0.145. The number of aliphatic hydroxyl groups is 1. The Morgan fingerprint density at radius 1 is 1.62 bits per heavy atom. The molecule has 0 aromatic carbocycles. The quantitative estimate of drug-likeness (QED) is 0.564. The number of methoxy groups -OCH3 is 1. The van der Waals surface area contributed by atoms with Crippen LogP contribution in [-0.2, 0) is 4.74 Å². The Hall–Kier alpha value is -0.560. The first-order chi connectivity index (χ1) is 6.28. The molecule has 0 aliphatic heterocycles. The topological polar surface area (TPSA) is 41.5 Å². The van der Waals surface area contributed by atoms with Crippen LogP contribution in [0.5, 0.6) is 0 Å². The predicted octanol–water partition coefficient (Wildman–Crippen LogP) is 0.385. The number of terminal acetylenes is 1. The largest absolute Gasteiger partial charge is 0.396 e. The summed E-state index contributed by atoms with van der Waals surface area (Å²) in [5.41, 5.74) is 0. The first kappa shape index (κ1) is 12.4. The summed E-state index contributed by atoms with van der Waals surface area (Å²) in [7, 11) is 1.64. The van der Waals surface area contributed by atoms with E-state index in [0.29, 0.717) is 13.0 Å². The maximum absolute atomic E-state index is 8.77. The molecule has 0 fully saturated rings. The van der Waals surface area contributed by atoms with E-state index >= 15 is 0 Å². The molecule has 0 amide bonds. The van der Waals surface area contributed by atoms with E-state index in [1.807, 2.05) is 6.92 Å². The van der Waals surface area contributed by atoms with Gasteiger partial charge in [-0.25, -0.2) is 0 Å². The minimum Gasteiger partial charge on any atom is -0.396 e. The van der Waals surface area contributed by atoms with Gasteiger partial charge in [0.25, 0.3) is 0 Å². The van der Waals surface area contributed by atoms with Crippen molar-refractivity contribution in [2.75, 3.05) is 20.3 Å². The summed E-state index contributed by atoms with van der Waals surface area (Å²) >= 11 is 0. The average molecular weight is 185 g/mol. The maximum Gasteiger partial charge on any atom is 0.0687 e. The summed E-state index contributed by atoms with van der Waals surface area (Å²) in [5.74, 6) is 2.65. The Morgan fingerprint density at radius 3 is 2.69 bits per heavy atom. The lowest BCUT2D eigenvalue weighted by Gasteiger charge is -2.20. The van der Waals surface area contributed by atoms with Gasteiger partial charge in [0.1, 0.15) is 0 Å². The first-order valence-corrected chi connectivity index (χ1v) is 4.60. The molecule has 0 saturated carbocycles. The summed E-state index contributed by atoms with van der Waals surface area (Å²) in [4.78, 5) is 0. The second-order valence-corrected chi connectivity index (χ2v) is 2.96. The van der Waals surface area contributed by atoms with Gasteiger partial charge in [-0.2, -0.15) is 0 Å². The van der Waals surface area contributed by atoms with Crippen LogP contribution < -0.4 is 5.32 Å². The standard InChI is InChI=1S/C10H19NO2/c1-4-9(5-2)11-10(6-7-12)8-13-3/h1,9-12H,5-8H2,2-3H3. The van der Waals surface area contributed by atoms with Crippen molar-refractivity contribution >= 4 is 0 Å². The normalized spacial score (nSPS) is 14.9. The Morgan fingerprint density at radius 2 is 2.31 bits per heavy atom. The smallest absolute Gasteiger partial charge is 0.0687 e. The zero-order chi connectivity index (χ0) is 10.1. The van der Waals surface area contributed by atoms with E-state index in [-0.39, 0.29) is 18.7 Å². The molecule has 0 aliphatic carbocycles. The molecule has 2 unspecified atom stereocenters. The second-order valence-electron chi connectivity index (χ2n) is 2.96. The molecule has 76 valence electrons. The van der Waals surface area contributed by atoms with Crippen molar-refractivity contribution in [1.29, 1.82) is 0 Å². The van der Waals surface area contributed by atoms with Crippen molar-refractivity contribution in [2.24, 2.45) is 0 Å². The van der Waals surface area contributed by atoms with Gasteiger partial charge < -0.3 is 9.84 Å². The highest BCUT2D eigenvalue weighted by Gasteiger charge is 2.11. The van der Waals surface area contributed by atoms with Gasteiger partial charge in [-0.1, -0.05) is 12.8 Å². The number of hydrogen-bond donors (Lipinski definition) is 2.